The average Bonchev–Trinajstić information content (AvgIpc) is 3.04. The molecule has 1 N–H and O–H groups in total. The Bertz CT molecular complexity index is 611. The van der Waals surface area contributed by atoms with Gasteiger partial charge in [-0.2, -0.15) is 0 Å². The average molecular weight is 299 g/mol. The third kappa shape index (κ3) is 2.14. The van der Waals surface area contributed by atoms with Crippen LogP contribution < -0.4 is 14.2 Å². The highest BCUT2D eigenvalue weighted by Crippen LogP contribution is 2.44. The summed E-state index contributed by atoms with van der Waals surface area (Å²) >= 11 is 7.44. The second kappa shape index (κ2) is 4.92. The van der Waals surface area contributed by atoms with E-state index in [0.717, 1.165) is 0 Å². The lowest BCUT2D eigenvalue weighted by atomic mass is 10.1. The van der Waals surface area contributed by atoms with Gasteiger partial charge in [0, 0.05) is 0 Å². The first-order chi connectivity index (χ1) is 9.20. The molecule has 6 heteroatoms. The van der Waals surface area contributed by atoms with Gasteiger partial charge in [-0.15, -0.1) is 11.3 Å². The quantitative estimate of drug-likeness (QED) is 0.945. The fourth-order valence-corrected chi connectivity index (χ4v) is 3.13. The molecule has 4 nitrogen and oxygen atoms in total. The van der Waals surface area contributed by atoms with E-state index in [-0.39, 0.29) is 6.79 Å². The Labute approximate surface area is 119 Å². The van der Waals surface area contributed by atoms with E-state index < -0.39 is 6.10 Å². The summed E-state index contributed by atoms with van der Waals surface area (Å²) in [6.07, 6.45) is -0.809. The van der Waals surface area contributed by atoms with Crippen molar-refractivity contribution in [1.29, 1.82) is 0 Å². The van der Waals surface area contributed by atoms with E-state index in [9.17, 15) is 5.11 Å². The van der Waals surface area contributed by atoms with Crippen LogP contribution in [-0.2, 0) is 0 Å². The number of aliphatic hydroxyl groups is 1. The number of hydrogen-bond acceptors (Lipinski definition) is 5. The molecule has 2 heterocycles. The van der Waals surface area contributed by atoms with E-state index in [0.29, 0.717) is 32.7 Å². The Morgan fingerprint density at radius 2 is 2.26 bits per heavy atom. The Hall–Kier alpha value is -1.43. The number of fused-ring (bicyclic) bond motifs is 1. The van der Waals surface area contributed by atoms with Crippen molar-refractivity contribution in [2.24, 2.45) is 0 Å². The zero-order valence-electron chi connectivity index (χ0n) is 10.1. The molecule has 3 rings (SSSR count). The SMILES string of the molecule is COc1cc(C(O)c2sccc2Cl)cc2c1OCO2. The Morgan fingerprint density at radius 3 is 2.95 bits per heavy atom. The lowest BCUT2D eigenvalue weighted by Crippen LogP contribution is -1.99. The Balaban J connectivity index is 2.04. The lowest BCUT2D eigenvalue weighted by molar-refractivity contribution is 0.171. The number of benzene rings is 1. The summed E-state index contributed by atoms with van der Waals surface area (Å²) in [5, 5.41) is 12.8. The summed E-state index contributed by atoms with van der Waals surface area (Å²) in [7, 11) is 1.55. The highest BCUT2D eigenvalue weighted by Gasteiger charge is 2.24. The largest absolute Gasteiger partial charge is 0.493 e. The van der Waals surface area contributed by atoms with Gasteiger partial charge < -0.3 is 19.3 Å². The van der Waals surface area contributed by atoms with Gasteiger partial charge in [0.05, 0.1) is 17.0 Å². The predicted molar refractivity (Wildman–Crippen MR) is 72.5 cm³/mol. The van der Waals surface area contributed by atoms with Gasteiger partial charge in [0.25, 0.3) is 0 Å². The summed E-state index contributed by atoms with van der Waals surface area (Å²) in [6, 6.07) is 5.23. The molecule has 0 spiro atoms. The molecule has 100 valence electrons. The van der Waals surface area contributed by atoms with Crippen molar-refractivity contribution < 1.29 is 19.3 Å². The summed E-state index contributed by atoms with van der Waals surface area (Å²) in [4.78, 5) is 0.697. The fraction of sp³-hybridized carbons (Fsp3) is 0.231. The summed E-state index contributed by atoms with van der Waals surface area (Å²) < 4.78 is 15.9. The highest BCUT2D eigenvalue weighted by atomic mass is 35.5. The van der Waals surface area contributed by atoms with Gasteiger partial charge in [-0.25, -0.2) is 0 Å². The van der Waals surface area contributed by atoms with Crippen molar-refractivity contribution in [3.63, 3.8) is 0 Å². The van der Waals surface area contributed by atoms with Crippen molar-refractivity contribution in [3.8, 4) is 17.2 Å². The predicted octanol–water partition coefficient (Wildman–Crippen LogP) is 3.22. The van der Waals surface area contributed by atoms with Crippen LogP contribution in [0.15, 0.2) is 23.6 Å². The van der Waals surface area contributed by atoms with E-state index in [4.69, 9.17) is 25.8 Å². The van der Waals surface area contributed by atoms with E-state index in [2.05, 4.69) is 0 Å². The summed E-state index contributed by atoms with van der Waals surface area (Å²) in [5.74, 6) is 1.67. The van der Waals surface area contributed by atoms with Crippen LogP contribution >= 0.6 is 22.9 Å². The molecule has 0 amide bonds. The third-order valence-corrected chi connectivity index (χ3v) is 4.30. The van der Waals surface area contributed by atoms with Crippen molar-refractivity contribution in [2.75, 3.05) is 13.9 Å². The molecule has 0 fully saturated rings. The molecule has 1 aliphatic rings. The summed E-state index contributed by atoms with van der Waals surface area (Å²) in [6.45, 7) is 0.158. The number of rotatable bonds is 3. The first-order valence-corrected chi connectivity index (χ1v) is 6.85. The molecule has 0 aliphatic carbocycles. The Morgan fingerprint density at radius 1 is 1.42 bits per heavy atom. The third-order valence-electron chi connectivity index (χ3n) is 2.89. The van der Waals surface area contributed by atoms with Crippen molar-refractivity contribution in [1.82, 2.24) is 0 Å². The number of halogens is 1. The molecule has 1 aliphatic heterocycles. The van der Waals surface area contributed by atoms with E-state index in [1.807, 2.05) is 5.38 Å². The molecule has 19 heavy (non-hydrogen) atoms. The maximum Gasteiger partial charge on any atom is 0.231 e. The number of ether oxygens (including phenoxy) is 3. The second-order valence-corrected chi connectivity index (χ2v) is 5.35. The normalized spacial score (nSPS) is 14.5. The maximum absolute atomic E-state index is 10.4. The standard InChI is InChI=1S/C13H11ClO4S/c1-16-9-4-7(5-10-12(9)18-6-17-10)11(15)13-8(14)2-3-19-13/h2-5,11,15H,6H2,1H3. The lowest BCUT2D eigenvalue weighted by Gasteiger charge is -2.13. The van der Waals surface area contributed by atoms with Crippen LogP contribution in [0.3, 0.4) is 0 Å². The number of thiophene rings is 1. The van der Waals surface area contributed by atoms with Gasteiger partial charge in [-0.05, 0) is 29.1 Å². The van der Waals surface area contributed by atoms with Crippen LogP contribution in [-0.4, -0.2) is 19.0 Å². The van der Waals surface area contributed by atoms with Crippen LogP contribution in [0.5, 0.6) is 17.2 Å². The van der Waals surface area contributed by atoms with Gasteiger partial charge in [0.2, 0.25) is 12.5 Å². The highest BCUT2D eigenvalue weighted by molar-refractivity contribution is 7.10. The number of methoxy groups -OCH3 is 1. The second-order valence-electron chi connectivity index (χ2n) is 3.99. The first-order valence-electron chi connectivity index (χ1n) is 5.59. The van der Waals surface area contributed by atoms with Gasteiger partial charge in [0.15, 0.2) is 11.5 Å². The molecule has 0 radical (unpaired) electrons. The van der Waals surface area contributed by atoms with Gasteiger partial charge in [-0.1, -0.05) is 11.6 Å². The molecule has 0 bridgehead atoms. The van der Waals surface area contributed by atoms with E-state index >= 15 is 0 Å². The molecule has 0 saturated heterocycles. The molecular weight excluding hydrogens is 288 g/mol. The zero-order valence-corrected chi connectivity index (χ0v) is 11.6. The van der Waals surface area contributed by atoms with Crippen molar-refractivity contribution in [2.45, 2.75) is 6.10 Å². The van der Waals surface area contributed by atoms with Crippen LogP contribution in [0.2, 0.25) is 5.02 Å². The van der Waals surface area contributed by atoms with Gasteiger partial charge in [-0.3, -0.25) is 0 Å². The van der Waals surface area contributed by atoms with Crippen molar-refractivity contribution in [3.05, 3.63) is 39.0 Å². The van der Waals surface area contributed by atoms with Crippen molar-refractivity contribution >= 4 is 22.9 Å². The Kier molecular flexibility index (Phi) is 3.26. The number of hydrogen-bond donors (Lipinski definition) is 1. The van der Waals surface area contributed by atoms with Crippen LogP contribution in [0, 0.1) is 0 Å². The topological polar surface area (TPSA) is 47.9 Å². The van der Waals surface area contributed by atoms with Crippen LogP contribution in [0.4, 0.5) is 0 Å². The molecule has 2 aromatic rings. The minimum absolute atomic E-state index is 0.158. The minimum Gasteiger partial charge on any atom is -0.493 e. The fourth-order valence-electron chi connectivity index (χ4n) is 1.96. The van der Waals surface area contributed by atoms with E-state index in [1.165, 1.54) is 11.3 Å². The number of aliphatic hydroxyl groups excluding tert-OH is 1. The monoisotopic (exact) mass is 298 g/mol. The summed E-state index contributed by atoms with van der Waals surface area (Å²) in [5.41, 5.74) is 0.658. The minimum atomic E-state index is -0.809. The van der Waals surface area contributed by atoms with Gasteiger partial charge >= 0.3 is 0 Å². The first kappa shape index (κ1) is 12.6. The van der Waals surface area contributed by atoms with E-state index in [1.54, 1.807) is 25.3 Å². The van der Waals surface area contributed by atoms with Crippen LogP contribution in [0.25, 0.3) is 0 Å². The van der Waals surface area contributed by atoms with Gasteiger partial charge in [0.1, 0.15) is 6.10 Å². The molecule has 1 atom stereocenters. The van der Waals surface area contributed by atoms with Crippen LogP contribution in [0.1, 0.15) is 16.5 Å². The molecule has 1 unspecified atom stereocenters. The molecular formula is C13H11ClO4S. The molecule has 1 aromatic carbocycles. The zero-order chi connectivity index (χ0) is 13.4. The smallest absolute Gasteiger partial charge is 0.231 e. The molecule has 0 saturated carbocycles. The maximum atomic E-state index is 10.4. The molecule has 1 aromatic heterocycles.